The Labute approximate surface area is 113 Å². The normalized spacial score (nSPS) is 19.2. The molecule has 2 aromatic carbocycles. The molecule has 1 nitrogen and oxygen atoms in total. The van der Waals surface area contributed by atoms with Crippen molar-refractivity contribution in [1.29, 1.82) is 0 Å². The molecule has 2 aromatic rings. The predicted molar refractivity (Wildman–Crippen MR) is 75.8 cm³/mol. The second kappa shape index (κ2) is 4.78. The molecule has 3 rings (SSSR count). The van der Waals surface area contributed by atoms with Gasteiger partial charge in [-0.3, -0.25) is 0 Å². The van der Waals surface area contributed by atoms with Crippen LogP contribution < -0.4 is 0 Å². The highest BCUT2D eigenvalue weighted by Crippen LogP contribution is 2.35. The van der Waals surface area contributed by atoms with E-state index in [2.05, 4.69) is 37.1 Å². The van der Waals surface area contributed by atoms with Crippen LogP contribution in [0.1, 0.15) is 28.2 Å². The van der Waals surface area contributed by atoms with E-state index in [-0.39, 0.29) is 11.7 Å². The fourth-order valence-electron chi connectivity index (χ4n) is 3.13. The molecule has 0 saturated carbocycles. The van der Waals surface area contributed by atoms with E-state index in [0.29, 0.717) is 0 Å². The van der Waals surface area contributed by atoms with Gasteiger partial charge in [0.15, 0.2) is 0 Å². The smallest absolute Gasteiger partial charge is 0.123 e. The van der Waals surface area contributed by atoms with Gasteiger partial charge in [-0.2, -0.15) is 0 Å². The summed E-state index contributed by atoms with van der Waals surface area (Å²) in [6, 6.07) is 13.5. The molecule has 0 bridgehead atoms. The Morgan fingerprint density at radius 3 is 2.74 bits per heavy atom. The number of likely N-dealkylation sites (N-methyl/N-ethyl adjacent to an activating group) is 1. The summed E-state index contributed by atoms with van der Waals surface area (Å²) in [6.45, 7) is 4.07. The fraction of sp³-hybridized carbons (Fsp3) is 0.294. The Bertz CT molecular complexity index is 606. The van der Waals surface area contributed by atoms with Crippen molar-refractivity contribution in [2.24, 2.45) is 0 Å². The summed E-state index contributed by atoms with van der Waals surface area (Å²) in [7, 11) is 2.12. The first-order valence-electron chi connectivity index (χ1n) is 6.67. The van der Waals surface area contributed by atoms with Crippen molar-refractivity contribution in [3.8, 4) is 0 Å². The second-order valence-electron chi connectivity index (χ2n) is 5.45. The topological polar surface area (TPSA) is 3.24 Å². The summed E-state index contributed by atoms with van der Waals surface area (Å²) in [4.78, 5) is 2.30. The summed E-state index contributed by atoms with van der Waals surface area (Å²) in [5.74, 6) is 0.117. The highest BCUT2D eigenvalue weighted by atomic mass is 19.1. The van der Waals surface area contributed by atoms with E-state index in [9.17, 15) is 4.39 Å². The van der Waals surface area contributed by atoms with Crippen LogP contribution >= 0.6 is 0 Å². The Morgan fingerprint density at radius 2 is 1.95 bits per heavy atom. The van der Waals surface area contributed by atoms with Crippen LogP contribution in [0.25, 0.3) is 0 Å². The number of aryl methyl sites for hydroxylation is 1. The first kappa shape index (κ1) is 12.4. The highest BCUT2D eigenvalue weighted by Gasteiger charge is 2.26. The van der Waals surface area contributed by atoms with Gasteiger partial charge in [0.25, 0.3) is 0 Å². The molecule has 0 aliphatic carbocycles. The molecule has 0 aromatic heterocycles. The average Bonchev–Trinajstić information content (AvgIpc) is 2.37. The van der Waals surface area contributed by atoms with Crippen LogP contribution in [0, 0.1) is 12.7 Å². The molecule has 0 spiro atoms. The number of hydrogen-bond donors (Lipinski definition) is 0. The molecule has 1 heterocycles. The lowest BCUT2D eigenvalue weighted by atomic mass is 9.82. The molecule has 0 fully saturated rings. The number of halogens is 1. The molecule has 0 radical (unpaired) electrons. The zero-order valence-electron chi connectivity index (χ0n) is 11.4. The van der Waals surface area contributed by atoms with Gasteiger partial charge in [-0.15, -0.1) is 0 Å². The minimum Gasteiger partial charge on any atom is -0.301 e. The van der Waals surface area contributed by atoms with Crippen LogP contribution in [0.4, 0.5) is 4.39 Å². The maximum absolute atomic E-state index is 13.5. The fourth-order valence-corrected chi connectivity index (χ4v) is 3.13. The van der Waals surface area contributed by atoms with Crippen LogP contribution in [0.5, 0.6) is 0 Å². The van der Waals surface area contributed by atoms with Crippen molar-refractivity contribution in [3.05, 3.63) is 70.5 Å². The zero-order valence-corrected chi connectivity index (χ0v) is 11.4. The largest absolute Gasteiger partial charge is 0.301 e. The Balaban J connectivity index is 2.13. The van der Waals surface area contributed by atoms with E-state index in [1.54, 1.807) is 12.1 Å². The summed E-state index contributed by atoms with van der Waals surface area (Å²) in [5.41, 5.74) is 5.12. The van der Waals surface area contributed by atoms with Crippen LogP contribution in [-0.4, -0.2) is 18.5 Å². The van der Waals surface area contributed by atoms with E-state index >= 15 is 0 Å². The van der Waals surface area contributed by atoms with Crippen molar-refractivity contribution in [3.63, 3.8) is 0 Å². The second-order valence-corrected chi connectivity index (χ2v) is 5.45. The maximum atomic E-state index is 13.5. The first-order chi connectivity index (χ1) is 9.15. The highest BCUT2D eigenvalue weighted by molar-refractivity contribution is 5.44. The van der Waals surface area contributed by atoms with Gasteiger partial charge in [-0.1, -0.05) is 30.3 Å². The third-order valence-corrected chi connectivity index (χ3v) is 3.95. The van der Waals surface area contributed by atoms with E-state index in [1.165, 1.54) is 22.8 Å². The lowest BCUT2D eigenvalue weighted by Crippen LogP contribution is -2.31. The number of fused-ring (bicyclic) bond motifs is 1. The Hall–Kier alpha value is -1.67. The van der Waals surface area contributed by atoms with E-state index in [1.807, 2.05) is 6.07 Å². The van der Waals surface area contributed by atoms with Gasteiger partial charge in [0.2, 0.25) is 0 Å². The van der Waals surface area contributed by atoms with Gasteiger partial charge >= 0.3 is 0 Å². The van der Waals surface area contributed by atoms with Crippen LogP contribution in [0.3, 0.4) is 0 Å². The molecule has 0 unspecified atom stereocenters. The lowest BCUT2D eigenvalue weighted by Gasteiger charge is -2.33. The molecule has 19 heavy (non-hydrogen) atoms. The van der Waals surface area contributed by atoms with Crippen molar-refractivity contribution >= 4 is 0 Å². The summed E-state index contributed by atoms with van der Waals surface area (Å²) < 4.78 is 13.5. The van der Waals surface area contributed by atoms with Gasteiger partial charge in [0.05, 0.1) is 0 Å². The Kier molecular flexibility index (Phi) is 3.11. The molecular formula is C17H18FN. The third-order valence-electron chi connectivity index (χ3n) is 3.95. The van der Waals surface area contributed by atoms with Gasteiger partial charge in [-0.05, 0) is 48.4 Å². The average molecular weight is 255 g/mol. The molecule has 0 saturated heterocycles. The van der Waals surface area contributed by atoms with Gasteiger partial charge < -0.3 is 4.90 Å². The third kappa shape index (κ3) is 2.28. The van der Waals surface area contributed by atoms with E-state index < -0.39 is 0 Å². The predicted octanol–water partition coefficient (Wildman–Crippen LogP) is 3.71. The number of hydrogen-bond acceptors (Lipinski definition) is 1. The molecule has 0 N–H and O–H groups in total. The SMILES string of the molecule is Cc1cccc2c1[C@H](c1cccc(F)c1)CN(C)C2. The molecule has 0 amide bonds. The van der Waals surface area contributed by atoms with E-state index in [4.69, 9.17) is 0 Å². The minimum absolute atomic E-state index is 0.152. The maximum Gasteiger partial charge on any atom is 0.123 e. The van der Waals surface area contributed by atoms with Crippen LogP contribution in [-0.2, 0) is 6.54 Å². The van der Waals surface area contributed by atoms with E-state index in [0.717, 1.165) is 18.7 Å². The van der Waals surface area contributed by atoms with Crippen LogP contribution in [0.2, 0.25) is 0 Å². The molecule has 2 heteroatoms. The van der Waals surface area contributed by atoms with Crippen molar-refractivity contribution in [2.45, 2.75) is 19.4 Å². The molecular weight excluding hydrogens is 237 g/mol. The molecule has 1 aliphatic heterocycles. The van der Waals surface area contributed by atoms with Crippen molar-refractivity contribution in [2.75, 3.05) is 13.6 Å². The van der Waals surface area contributed by atoms with Crippen LogP contribution in [0.15, 0.2) is 42.5 Å². The number of nitrogens with zero attached hydrogens (tertiary/aromatic N) is 1. The summed E-state index contributed by atoms with van der Waals surface area (Å²) in [6.07, 6.45) is 0. The molecule has 98 valence electrons. The Morgan fingerprint density at radius 1 is 1.16 bits per heavy atom. The molecule has 1 aliphatic rings. The van der Waals surface area contributed by atoms with Crippen molar-refractivity contribution < 1.29 is 4.39 Å². The standard InChI is InChI=1S/C17H18FN/c1-12-5-3-7-14-10-19(2)11-16(17(12)14)13-6-4-8-15(18)9-13/h3-9,16H,10-11H2,1-2H3/t16-/m0/s1. The van der Waals surface area contributed by atoms with Gasteiger partial charge in [0.1, 0.15) is 5.82 Å². The van der Waals surface area contributed by atoms with Gasteiger partial charge in [-0.25, -0.2) is 4.39 Å². The first-order valence-corrected chi connectivity index (χ1v) is 6.67. The monoisotopic (exact) mass is 255 g/mol. The minimum atomic E-state index is -0.152. The number of benzene rings is 2. The summed E-state index contributed by atoms with van der Waals surface area (Å²) in [5, 5.41) is 0. The van der Waals surface area contributed by atoms with Crippen molar-refractivity contribution in [1.82, 2.24) is 4.90 Å². The summed E-state index contributed by atoms with van der Waals surface area (Å²) >= 11 is 0. The lowest BCUT2D eigenvalue weighted by molar-refractivity contribution is 0.294. The molecule has 1 atom stereocenters. The zero-order chi connectivity index (χ0) is 13.4. The number of rotatable bonds is 1. The quantitative estimate of drug-likeness (QED) is 0.751. The van der Waals surface area contributed by atoms with Gasteiger partial charge in [0, 0.05) is 19.0 Å².